The number of nitrogens with zero attached hydrogens (tertiary/aromatic N) is 3. The summed E-state index contributed by atoms with van der Waals surface area (Å²) in [5.41, 5.74) is 7.25. The summed E-state index contributed by atoms with van der Waals surface area (Å²) in [5.74, 6) is 0.144. The molecule has 0 saturated carbocycles. The standard InChI is InChI=1S/C17H19ClN4O/c1-11(2)21-17(23)15(12-6-5-7-13(18)10-12)16(19)22(21)14-8-3-4-9-20-14/h3-11,15-16H,19H2,1-2H3. The Morgan fingerprint density at radius 3 is 2.61 bits per heavy atom. The fourth-order valence-electron chi connectivity index (χ4n) is 2.98. The largest absolute Gasteiger partial charge is 0.309 e. The molecule has 1 fully saturated rings. The minimum absolute atomic E-state index is 0.0280. The smallest absolute Gasteiger partial charge is 0.252 e. The van der Waals surface area contributed by atoms with Gasteiger partial charge >= 0.3 is 0 Å². The van der Waals surface area contributed by atoms with Gasteiger partial charge in [0.15, 0.2) is 0 Å². The Morgan fingerprint density at radius 1 is 1.22 bits per heavy atom. The maximum absolute atomic E-state index is 13.0. The highest BCUT2D eigenvalue weighted by molar-refractivity contribution is 6.30. The highest BCUT2D eigenvalue weighted by Gasteiger charge is 2.47. The maximum Gasteiger partial charge on any atom is 0.252 e. The fraction of sp³-hybridized carbons (Fsp3) is 0.294. The van der Waals surface area contributed by atoms with Gasteiger partial charge in [0.2, 0.25) is 0 Å². The quantitative estimate of drug-likeness (QED) is 0.940. The first-order valence-corrected chi connectivity index (χ1v) is 7.93. The van der Waals surface area contributed by atoms with E-state index in [1.54, 1.807) is 28.3 Å². The average Bonchev–Trinajstić information content (AvgIpc) is 2.79. The first-order chi connectivity index (χ1) is 11.0. The summed E-state index contributed by atoms with van der Waals surface area (Å²) in [6.07, 6.45) is 1.16. The van der Waals surface area contributed by atoms with Crippen molar-refractivity contribution >= 4 is 23.3 Å². The molecule has 2 N–H and O–H groups in total. The second-order valence-electron chi connectivity index (χ2n) is 5.83. The summed E-state index contributed by atoms with van der Waals surface area (Å²) in [6, 6.07) is 12.8. The molecular formula is C17H19ClN4O. The molecule has 6 heteroatoms. The Morgan fingerprint density at radius 2 is 2.00 bits per heavy atom. The lowest BCUT2D eigenvalue weighted by Crippen LogP contribution is -2.49. The van der Waals surface area contributed by atoms with E-state index in [9.17, 15) is 4.79 Å². The van der Waals surface area contributed by atoms with Gasteiger partial charge in [0.1, 0.15) is 17.9 Å². The van der Waals surface area contributed by atoms with E-state index >= 15 is 0 Å². The van der Waals surface area contributed by atoms with E-state index in [1.165, 1.54) is 0 Å². The predicted molar refractivity (Wildman–Crippen MR) is 90.9 cm³/mol. The lowest BCUT2D eigenvalue weighted by atomic mass is 9.96. The minimum atomic E-state index is -0.529. The van der Waals surface area contributed by atoms with Crippen molar-refractivity contribution in [1.29, 1.82) is 0 Å². The van der Waals surface area contributed by atoms with Gasteiger partial charge in [0.25, 0.3) is 5.91 Å². The normalized spacial score (nSPS) is 21.3. The van der Waals surface area contributed by atoms with E-state index in [4.69, 9.17) is 17.3 Å². The summed E-state index contributed by atoms with van der Waals surface area (Å²) in [6.45, 7) is 3.92. The Hall–Kier alpha value is -2.11. The van der Waals surface area contributed by atoms with Crippen molar-refractivity contribution in [2.24, 2.45) is 5.73 Å². The van der Waals surface area contributed by atoms with Gasteiger partial charge in [-0.25, -0.2) is 15.0 Å². The summed E-state index contributed by atoms with van der Waals surface area (Å²) in [5, 5.41) is 4.05. The molecule has 1 aromatic carbocycles. The van der Waals surface area contributed by atoms with Gasteiger partial charge in [-0.15, -0.1) is 0 Å². The molecular weight excluding hydrogens is 312 g/mol. The number of hydrogen-bond donors (Lipinski definition) is 1. The molecule has 0 radical (unpaired) electrons. The van der Waals surface area contributed by atoms with E-state index in [2.05, 4.69) is 4.98 Å². The van der Waals surface area contributed by atoms with Crippen molar-refractivity contribution in [3.05, 3.63) is 59.2 Å². The number of nitrogens with two attached hydrogens (primary N) is 1. The summed E-state index contributed by atoms with van der Waals surface area (Å²) in [4.78, 5) is 17.3. The zero-order chi connectivity index (χ0) is 16.6. The van der Waals surface area contributed by atoms with Crippen LogP contribution in [0.5, 0.6) is 0 Å². The second-order valence-corrected chi connectivity index (χ2v) is 6.27. The molecule has 5 nitrogen and oxygen atoms in total. The lowest BCUT2D eigenvalue weighted by molar-refractivity contribution is -0.130. The number of carbonyl (C=O) groups is 1. The van der Waals surface area contributed by atoms with Crippen molar-refractivity contribution < 1.29 is 4.79 Å². The van der Waals surface area contributed by atoms with Crippen LogP contribution in [0.15, 0.2) is 48.7 Å². The van der Waals surface area contributed by atoms with Crippen LogP contribution in [0, 0.1) is 0 Å². The topological polar surface area (TPSA) is 62.5 Å². The van der Waals surface area contributed by atoms with Crippen molar-refractivity contribution in [1.82, 2.24) is 9.99 Å². The second kappa shape index (κ2) is 6.18. The molecule has 2 heterocycles. The maximum atomic E-state index is 13.0. The average molecular weight is 331 g/mol. The van der Waals surface area contributed by atoms with Crippen LogP contribution in [0.25, 0.3) is 0 Å². The van der Waals surface area contributed by atoms with Gasteiger partial charge in [-0.3, -0.25) is 4.79 Å². The fourth-order valence-corrected chi connectivity index (χ4v) is 3.17. The lowest BCUT2D eigenvalue weighted by Gasteiger charge is -2.34. The molecule has 1 aliphatic heterocycles. The SMILES string of the molecule is CC(C)N1C(=O)C(c2cccc(Cl)c2)C(N)N1c1ccccn1. The summed E-state index contributed by atoms with van der Waals surface area (Å²) < 4.78 is 0. The number of hydrazine groups is 1. The van der Waals surface area contributed by atoms with Crippen molar-refractivity contribution in [2.45, 2.75) is 32.0 Å². The number of carbonyl (C=O) groups excluding carboxylic acids is 1. The van der Waals surface area contributed by atoms with E-state index in [-0.39, 0.29) is 11.9 Å². The first kappa shape index (κ1) is 15.8. The third-order valence-electron chi connectivity index (χ3n) is 3.93. The highest BCUT2D eigenvalue weighted by Crippen LogP contribution is 2.36. The van der Waals surface area contributed by atoms with Crippen LogP contribution >= 0.6 is 11.6 Å². The first-order valence-electron chi connectivity index (χ1n) is 7.55. The number of pyridine rings is 1. The number of halogens is 1. The molecule has 1 aromatic heterocycles. The van der Waals surface area contributed by atoms with Crippen molar-refractivity contribution in [3.63, 3.8) is 0 Å². The summed E-state index contributed by atoms with van der Waals surface area (Å²) >= 11 is 6.08. The number of rotatable bonds is 3. The Bertz CT molecular complexity index is 707. The highest BCUT2D eigenvalue weighted by atomic mass is 35.5. The molecule has 0 aliphatic carbocycles. The van der Waals surface area contributed by atoms with E-state index in [1.807, 2.05) is 44.2 Å². The summed E-state index contributed by atoms with van der Waals surface area (Å²) in [7, 11) is 0. The van der Waals surface area contributed by atoms with Crippen LogP contribution in [-0.2, 0) is 4.79 Å². The van der Waals surface area contributed by atoms with E-state index < -0.39 is 12.1 Å². The third kappa shape index (κ3) is 2.78. The van der Waals surface area contributed by atoms with Gasteiger partial charge in [-0.2, -0.15) is 0 Å². The number of amides is 1. The zero-order valence-electron chi connectivity index (χ0n) is 13.1. The Kier molecular flexibility index (Phi) is 4.24. The van der Waals surface area contributed by atoms with Crippen molar-refractivity contribution in [3.8, 4) is 0 Å². The minimum Gasteiger partial charge on any atom is -0.309 e. The van der Waals surface area contributed by atoms with Gasteiger partial charge in [-0.1, -0.05) is 29.8 Å². The third-order valence-corrected chi connectivity index (χ3v) is 4.16. The number of anilines is 1. The number of hydrogen-bond acceptors (Lipinski definition) is 4. The molecule has 1 amide bonds. The van der Waals surface area contributed by atoms with Crippen LogP contribution in [0.2, 0.25) is 5.02 Å². The molecule has 1 saturated heterocycles. The predicted octanol–water partition coefficient (Wildman–Crippen LogP) is 2.78. The van der Waals surface area contributed by atoms with Crippen LogP contribution in [0.4, 0.5) is 5.82 Å². The van der Waals surface area contributed by atoms with E-state index in [0.29, 0.717) is 10.8 Å². The Balaban J connectivity index is 2.05. The van der Waals surface area contributed by atoms with Crippen LogP contribution in [-0.4, -0.2) is 28.1 Å². The molecule has 0 spiro atoms. The molecule has 120 valence electrons. The molecule has 2 atom stereocenters. The van der Waals surface area contributed by atoms with Crippen molar-refractivity contribution in [2.75, 3.05) is 5.01 Å². The monoisotopic (exact) mass is 330 g/mol. The Labute approximate surface area is 140 Å². The molecule has 2 aromatic rings. The molecule has 23 heavy (non-hydrogen) atoms. The van der Waals surface area contributed by atoms with Gasteiger partial charge < -0.3 is 5.73 Å². The molecule has 0 bridgehead atoms. The number of benzene rings is 1. The molecule has 1 aliphatic rings. The number of aromatic nitrogens is 1. The van der Waals surface area contributed by atoms with Crippen LogP contribution in [0.1, 0.15) is 25.3 Å². The molecule has 3 rings (SSSR count). The van der Waals surface area contributed by atoms with Gasteiger partial charge in [-0.05, 0) is 43.7 Å². The van der Waals surface area contributed by atoms with Gasteiger partial charge in [0.05, 0.1) is 0 Å². The zero-order valence-corrected chi connectivity index (χ0v) is 13.8. The molecule has 2 unspecified atom stereocenters. The van der Waals surface area contributed by atoms with Crippen LogP contribution < -0.4 is 10.7 Å². The van der Waals surface area contributed by atoms with E-state index in [0.717, 1.165) is 5.56 Å². The van der Waals surface area contributed by atoms with Crippen LogP contribution in [0.3, 0.4) is 0 Å². The van der Waals surface area contributed by atoms with Gasteiger partial charge in [0, 0.05) is 17.3 Å².